The minimum atomic E-state index is 0.0767. The average Bonchev–Trinajstić information content (AvgIpc) is 3.11. The summed E-state index contributed by atoms with van der Waals surface area (Å²) in [6, 6.07) is 1.88. The van der Waals surface area contributed by atoms with E-state index in [4.69, 9.17) is 4.52 Å². The Bertz CT molecular complexity index is 599. The maximum Gasteiger partial charge on any atom is 0.270 e. The van der Waals surface area contributed by atoms with E-state index in [0.717, 1.165) is 10.6 Å². The van der Waals surface area contributed by atoms with Gasteiger partial charge in [0.25, 0.3) is 5.89 Å². The van der Waals surface area contributed by atoms with E-state index in [1.807, 2.05) is 11.4 Å². The molecule has 2 aromatic heterocycles. The van der Waals surface area contributed by atoms with Crippen molar-refractivity contribution in [3.63, 3.8) is 0 Å². The zero-order chi connectivity index (χ0) is 13.9. The zero-order valence-corrected chi connectivity index (χ0v) is 12.2. The summed E-state index contributed by atoms with van der Waals surface area (Å²) < 4.78 is 5.16. The van der Waals surface area contributed by atoms with Crippen LogP contribution in [0.25, 0.3) is 10.8 Å². The molecule has 0 aromatic carbocycles. The highest BCUT2D eigenvalue weighted by molar-refractivity contribution is 7.14. The van der Waals surface area contributed by atoms with Gasteiger partial charge in [-0.05, 0) is 37.1 Å². The first-order valence-electron chi connectivity index (χ1n) is 6.90. The number of aromatic nitrogens is 2. The molecule has 1 aliphatic carbocycles. The van der Waals surface area contributed by atoms with Crippen molar-refractivity contribution in [2.75, 3.05) is 5.32 Å². The molecule has 1 saturated carbocycles. The number of aryl methyl sites for hydroxylation is 1. The number of thiophene rings is 1. The van der Waals surface area contributed by atoms with Crippen molar-refractivity contribution in [1.82, 2.24) is 10.1 Å². The van der Waals surface area contributed by atoms with Gasteiger partial charge in [-0.15, -0.1) is 11.3 Å². The number of nitrogens with one attached hydrogen (secondary N) is 1. The number of hydrogen-bond acceptors (Lipinski definition) is 5. The average molecular weight is 291 g/mol. The Kier molecular flexibility index (Phi) is 3.82. The lowest BCUT2D eigenvalue weighted by Gasteiger charge is -2.09. The van der Waals surface area contributed by atoms with E-state index in [2.05, 4.69) is 15.5 Å². The standard InChI is InChI=1S/C14H17N3O2S/c1-9-15-14(19-17-9)13-11(6-7-20-13)16-12(18)8-10-4-2-3-5-10/h6-7,10H,2-5,8H2,1H3,(H,16,18). The normalized spacial score (nSPS) is 15.7. The van der Waals surface area contributed by atoms with Crippen molar-refractivity contribution >= 4 is 22.9 Å². The molecule has 106 valence electrons. The van der Waals surface area contributed by atoms with E-state index >= 15 is 0 Å². The van der Waals surface area contributed by atoms with Crippen LogP contribution in [-0.2, 0) is 4.79 Å². The topological polar surface area (TPSA) is 68.0 Å². The van der Waals surface area contributed by atoms with E-state index in [1.165, 1.54) is 37.0 Å². The highest BCUT2D eigenvalue weighted by atomic mass is 32.1. The molecule has 0 unspecified atom stereocenters. The lowest BCUT2D eigenvalue weighted by atomic mass is 10.0. The lowest BCUT2D eigenvalue weighted by molar-refractivity contribution is -0.117. The lowest BCUT2D eigenvalue weighted by Crippen LogP contribution is -2.15. The van der Waals surface area contributed by atoms with Gasteiger partial charge in [-0.1, -0.05) is 18.0 Å². The van der Waals surface area contributed by atoms with Crippen molar-refractivity contribution < 1.29 is 9.32 Å². The van der Waals surface area contributed by atoms with Crippen molar-refractivity contribution in [3.8, 4) is 10.8 Å². The van der Waals surface area contributed by atoms with E-state index in [0.29, 0.717) is 24.1 Å². The molecule has 1 amide bonds. The van der Waals surface area contributed by atoms with E-state index in [1.54, 1.807) is 6.92 Å². The van der Waals surface area contributed by atoms with Gasteiger partial charge in [-0.2, -0.15) is 4.98 Å². The summed E-state index contributed by atoms with van der Waals surface area (Å²) in [5.74, 6) is 1.68. The highest BCUT2D eigenvalue weighted by Crippen LogP contribution is 2.33. The maximum absolute atomic E-state index is 12.1. The first kappa shape index (κ1) is 13.3. The van der Waals surface area contributed by atoms with Crippen LogP contribution in [0.5, 0.6) is 0 Å². The van der Waals surface area contributed by atoms with Crippen LogP contribution in [0.2, 0.25) is 0 Å². The number of rotatable bonds is 4. The van der Waals surface area contributed by atoms with Gasteiger partial charge in [0.15, 0.2) is 5.82 Å². The molecule has 0 radical (unpaired) electrons. The van der Waals surface area contributed by atoms with Crippen molar-refractivity contribution in [1.29, 1.82) is 0 Å². The third-order valence-electron chi connectivity index (χ3n) is 3.61. The molecule has 0 spiro atoms. The quantitative estimate of drug-likeness (QED) is 0.934. The van der Waals surface area contributed by atoms with Crippen LogP contribution in [0.1, 0.15) is 37.9 Å². The third kappa shape index (κ3) is 2.90. The largest absolute Gasteiger partial charge is 0.333 e. The maximum atomic E-state index is 12.1. The molecule has 2 heterocycles. The van der Waals surface area contributed by atoms with Gasteiger partial charge < -0.3 is 9.84 Å². The molecule has 0 atom stereocenters. The van der Waals surface area contributed by atoms with Crippen LogP contribution in [0, 0.1) is 12.8 Å². The summed E-state index contributed by atoms with van der Waals surface area (Å²) in [6.07, 6.45) is 5.46. The van der Waals surface area contributed by atoms with Gasteiger partial charge in [0.1, 0.15) is 4.88 Å². The van der Waals surface area contributed by atoms with Gasteiger partial charge in [-0.25, -0.2) is 0 Å². The molecule has 5 nitrogen and oxygen atoms in total. The molecule has 0 bridgehead atoms. The molecule has 1 N–H and O–H groups in total. The van der Waals surface area contributed by atoms with E-state index in [9.17, 15) is 4.79 Å². The summed E-state index contributed by atoms with van der Waals surface area (Å²) in [6.45, 7) is 1.78. The van der Waals surface area contributed by atoms with E-state index in [-0.39, 0.29) is 5.91 Å². The molecular formula is C14H17N3O2S. The molecule has 6 heteroatoms. The molecule has 3 rings (SSSR count). The number of nitrogens with zero attached hydrogens (tertiary/aromatic N) is 2. The molecule has 0 saturated heterocycles. The number of carbonyl (C=O) groups is 1. The molecule has 1 aliphatic rings. The van der Waals surface area contributed by atoms with Crippen molar-refractivity contribution in [2.45, 2.75) is 39.0 Å². The molecule has 20 heavy (non-hydrogen) atoms. The van der Waals surface area contributed by atoms with Crippen molar-refractivity contribution in [2.24, 2.45) is 5.92 Å². The van der Waals surface area contributed by atoms with Crippen LogP contribution in [0.15, 0.2) is 16.0 Å². The van der Waals surface area contributed by atoms with Crippen LogP contribution < -0.4 is 5.32 Å². The number of amides is 1. The minimum absolute atomic E-state index is 0.0767. The SMILES string of the molecule is Cc1noc(-c2sccc2NC(=O)CC2CCCC2)n1. The van der Waals surface area contributed by atoms with Gasteiger partial charge >= 0.3 is 0 Å². The van der Waals surface area contributed by atoms with Gasteiger partial charge in [0.05, 0.1) is 5.69 Å². The zero-order valence-electron chi connectivity index (χ0n) is 11.4. The molecule has 1 fully saturated rings. The summed E-state index contributed by atoms with van der Waals surface area (Å²) in [4.78, 5) is 17.1. The summed E-state index contributed by atoms with van der Waals surface area (Å²) in [7, 11) is 0. The Labute approximate surface area is 121 Å². The predicted molar refractivity (Wildman–Crippen MR) is 77.6 cm³/mol. The predicted octanol–water partition coefficient (Wildman–Crippen LogP) is 3.63. The molecule has 2 aromatic rings. The Morgan fingerprint density at radius 2 is 2.30 bits per heavy atom. The Morgan fingerprint density at radius 1 is 1.50 bits per heavy atom. The van der Waals surface area contributed by atoms with Gasteiger partial charge in [0.2, 0.25) is 5.91 Å². The Balaban J connectivity index is 1.68. The Hall–Kier alpha value is -1.69. The van der Waals surface area contributed by atoms with Crippen LogP contribution in [0.3, 0.4) is 0 Å². The third-order valence-corrected chi connectivity index (χ3v) is 4.51. The van der Waals surface area contributed by atoms with Crippen LogP contribution in [0.4, 0.5) is 5.69 Å². The van der Waals surface area contributed by atoms with Crippen LogP contribution >= 0.6 is 11.3 Å². The first-order valence-corrected chi connectivity index (χ1v) is 7.78. The van der Waals surface area contributed by atoms with Crippen LogP contribution in [-0.4, -0.2) is 16.0 Å². The second-order valence-corrected chi connectivity index (χ2v) is 6.13. The number of carbonyl (C=O) groups excluding carboxylic acids is 1. The molecule has 0 aliphatic heterocycles. The summed E-state index contributed by atoms with van der Waals surface area (Å²) in [5, 5.41) is 8.67. The monoisotopic (exact) mass is 291 g/mol. The highest BCUT2D eigenvalue weighted by Gasteiger charge is 2.20. The number of anilines is 1. The Morgan fingerprint density at radius 3 is 3.00 bits per heavy atom. The minimum Gasteiger partial charge on any atom is -0.333 e. The van der Waals surface area contributed by atoms with Crippen molar-refractivity contribution in [3.05, 3.63) is 17.3 Å². The first-order chi connectivity index (χ1) is 9.72. The van der Waals surface area contributed by atoms with Gasteiger partial charge in [0, 0.05) is 6.42 Å². The molecular weight excluding hydrogens is 274 g/mol. The fourth-order valence-corrected chi connectivity index (χ4v) is 3.41. The summed E-state index contributed by atoms with van der Waals surface area (Å²) >= 11 is 1.49. The second kappa shape index (κ2) is 5.75. The number of hydrogen-bond donors (Lipinski definition) is 1. The summed E-state index contributed by atoms with van der Waals surface area (Å²) in [5.41, 5.74) is 0.765. The smallest absolute Gasteiger partial charge is 0.270 e. The van der Waals surface area contributed by atoms with E-state index < -0.39 is 0 Å². The fourth-order valence-electron chi connectivity index (χ4n) is 2.64. The second-order valence-electron chi connectivity index (χ2n) is 5.21. The van der Waals surface area contributed by atoms with Gasteiger partial charge in [-0.3, -0.25) is 4.79 Å². The fraction of sp³-hybridized carbons (Fsp3) is 0.500.